The SMILES string of the molecule is Fc1ccc(/C=N\Nc2nc(N3CCOCC3)nc(N3CCOCC3)n2)cc1Br. The topological polar surface area (TPSA) is 88.0 Å². The number of anilines is 3. The summed E-state index contributed by atoms with van der Waals surface area (Å²) in [6.07, 6.45) is 1.58. The van der Waals surface area contributed by atoms with Crippen LogP contribution < -0.4 is 15.2 Å². The molecule has 1 aromatic carbocycles. The summed E-state index contributed by atoms with van der Waals surface area (Å²) in [4.78, 5) is 17.8. The second-order valence-electron chi connectivity index (χ2n) is 6.50. The van der Waals surface area contributed by atoms with Crippen LogP contribution >= 0.6 is 15.9 Å². The molecule has 0 aliphatic carbocycles. The Morgan fingerprint density at radius 3 is 2.10 bits per heavy atom. The van der Waals surface area contributed by atoms with E-state index in [-0.39, 0.29) is 5.82 Å². The van der Waals surface area contributed by atoms with Gasteiger partial charge in [-0.3, -0.25) is 0 Å². The van der Waals surface area contributed by atoms with Crippen molar-refractivity contribution >= 4 is 40.0 Å². The molecule has 0 radical (unpaired) electrons. The van der Waals surface area contributed by atoms with E-state index in [0.717, 1.165) is 31.7 Å². The largest absolute Gasteiger partial charge is 0.378 e. The molecule has 4 rings (SSSR count). The van der Waals surface area contributed by atoms with Crippen LogP contribution in [0, 0.1) is 5.82 Å². The molecule has 0 saturated carbocycles. The molecule has 2 saturated heterocycles. The van der Waals surface area contributed by atoms with Crippen LogP contribution in [0.2, 0.25) is 0 Å². The Kier molecular flexibility index (Phi) is 6.47. The molecule has 0 atom stereocenters. The third-order valence-corrected chi connectivity index (χ3v) is 5.13. The lowest BCUT2D eigenvalue weighted by Gasteiger charge is -2.30. The van der Waals surface area contributed by atoms with Crippen molar-refractivity contribution in [2.45, 2.75) is 0 Å². The highest BCUT2D eigenvalue weighted by Gasteiger charge is 2.20. The van der Waals surface area contributed by atoms with Crippen LogP contribution in [-0.2, 0) is 9.47 Å². The van der Waals surface area contributed by atoms with Crippen LogP contribution in [0.3, 0.4) is 0 Å². The number of hydrazone groups is 1. The number of benzene rings is 1. The smallest absolute Gasteiger partial charge is 0.250 e. The van der Waals surface area contributed by atoms with Gasteiger partial charge in [0.1, 0.15) is 5.82 Å². The van der Waals surface area contributed by atoms with E-state index in [1.807, 2.05) is 0 Å². The Hall–Kier alpha value is -2.37. The first-order valence-corrected chi connectivity index (χ1v) is 10.1. The third-order valence-electron chi connectivity index (χ3n) is 4.52. The minimum atomic E-state index is -0.321. The first-order chi connectivity index (χ1) is 14.2. The van der Waals surface area contributed by atoms with Crippen molar-refractivity contribution in [1.82, 2.24) is 15.0 Å². The number of nitrogens with one attached hydrogen (secondary N) is 1. The van der Waals surface area contributed by atoms with Gasteiger partial charge >= 0.3 is 0 Å². The number of hydrogen-bond donors (Lipinski definition) is 1. The summed E-state index contributed by atoms with van der Waals surface area (Å²) in [5.74, 6) is 1.21. The van der Waals surface area contributed by atoms with Gasteiger partial charge in [-0.15, -0.1) is 0 Å². The fourth-order valence-electron chi connectivity index (χ4n) is 2.97. The molecule has 2 fully saturated rings. The zero-order valence-corrected chi connectivity index (χ0v) is 17.3. The Morgan fingerprint density at radius 1 is 0.966 bits per heavy atom. The fourth-order valence-corrected chi connectivity index (χ4v) is 3.37. The van der Waals surface area contributed by atoms with Gasteiger partial charge in [-0.25, -0.2) is 9.82 Å². The van der Waals surface area contributed by atoms with Gasteiger partial charge in [-0.1, -0.05) is 6.07 Å². The lowest BCUT2D eigenvalue weighted by molar-refractivity contribution is 0.121. The fraction of sp³-hybridized carbons (Fsp3) is 0.444. The van der Waals surface area contributed by atoms with E-state index in [4.69, 9.17) is 9.47 Å². The van der Waals surface area contributed by atoms with Gasteiger partial charge in [-0.2, -0.15) is 20.1 Å². The van der Waals surface area contributed by atoms with Crippen LogP contribution in [0.25, 0.3) is 0 Å². The Bertz CT molecular complexity index is 837. The molecule has 11 heteroatoms. The molecule has 0 bridgehead atoms. The van der Waals surface area contributed by atoms with Crippen LogP contribution in [0.5, 0.6) is 0 Å². The van der Waals surface area contributed by atoms with Gasteiger partial charge < -0.3 is 19.3 Å². The lowest BCUT2D eigenvalue weighted by Crippen LogP contribution is -2.40. The molecule has 0 unspecified atom stereocenters. The molecule has 1 aromatic heterocycles. The molecule has 2 aromatic rings. The van der Waals surface area contributed by atoms with Crippen LogP contribution in [0.15, 0.2) is 27.8 Å². The molecule has 9 nitrogen and oxygen atoms in total. The molecule has 29 heavy (non-hydrogen) atoms. The van der Waals surface area contributed by atoms with E-state index in [0.29, 0.717) is 48.7 Å². The average Bonchev–Trinajstić information content (AvgIpc) is 2.77. The first kappa shape index (κ1) is 19.9. The maximum atomic E-state index is 13.4. The van der Waals surface area contributed by atoms with Gasteiger partial charge in [0.2, 0.25) is 17.8 Å². The Morgan fingerprint density at radius 2 is 1.55 bits per heavy atom. The zero-order chi connectivity index (χ0) is 20.1. The maximum absolute atomic E-state index is 13.4. The van der Waals surface area contributed by atoms with E-state index >= 15 is 0 Å². The summed E-state index contributed by atoms with van der Waals surface area (Å²) in [6, 6.07) is 4.66. The average molecular weight is 466 g/mol. The summed E-state index contributed by atoms with van der Waals surface area (Å²) in [6.45, 7) is 5.44. The number of aromatic nitrogens is 3. The van der Waals surface area contributed by atoms with Gasteiger partial charge in [-0.05, 0) is 33.6 Å². The molecular formula is C18H21BrFN7O2. The van der Waals surface area contributed by atoms with Crippen LogP contribution in [-0.4, -0.2) is 73.8 Å². The molecule has 0 amide bonds. The van der Waals surface area contributed by atoms with E-state index in [1.54, 1.807) is 18.3 Å². The highest BCUT2D eigenvalue weighted by atomic mass is 79.9. The van der Waals surface area contributed by atoms with Gasteiger partial charge in [0, 0.05) is 26.2 Å². The van der Waals surface area contributed by atoms with E-state index in [2.05, 4.69) is 51.2 Å². The minimum absolute atomic E-state index is 0.321. The van der Waals surface area contributed by atoms with Crippen LogP contribution in [0.4, 0.5) is 22.2 Å². The predicted octanol–water partition coefficient (Wildman–Crippen LogP) is 1.89. The number of nitrogens with zero attached hydrogens (tertiary/aromatic N) is 6. The number of morpholine rings is 2. The maximum Gasteiger partial charge on any atom is 0.250 e. The third kappa shape index (κ3) is 5.17. The van der Waals surface area contributed by atoms with Gasteiger partial charge in [0.05, 0.1) is 37.1 Å². The van der Waals surface area contributed by atoms with Crippen molar-refractivity contribution < 1.29 is 13.9 Å². The van der Waals surface area contributed by atoms with Crippen molar-refractivity contribution in [3.63, 3.8) is 0 Å². The van der Waals surface area contributed by atoms with Crippen molar-refractivity contribution in [3.8, 4) is 0 Å². The number of halogens is 2. The monoisotopic (exact) mass is 465 g/mol. The standard InChI is InChI=1S/C18H21BrFN7O2/c19-14-11-13(1-2-15(14)20)12-21-25-16-22-17(26-3-7-28-8-4-26)24-18(23-16)27-5-9-29-10-6-27/h1-2,11-12H,3-10H2,(H,22,23,24,25)/b21-12-. The second kappa shape index (κ2) is 9.42. The van der Waals surface area contributed by atoms with E-state index in [9.17, 15) is 4.39 Å². The van der Waals surface area contributed by atoms with Crippen molar-refractivity contribution in [1.29, 1.82) is 0 Å². The number of ether oxygens (including phenoxy) is 2. The highest BCUT2D eigenvalue weighted by Crippen LogP contribution is 2.19. The Balaban J connectivity index is 1.55. The van der Waals surface area contributed by atoms with Gasteiger partial charge in [0.15, 0.2) is 0 Å². The Labute approximate surface area is 176 Å². The van der Waals surface area contributed by atoms with Crippen molar-refractivity contribution in [3.05, 3.63) is 34.1 Å². The normalized spacial score (nSPS) is 17.7. The van der Waals surface area contributed by atoms with Crippen LogP contribution in [0.1, 0.15) is 5.56 Å². The van der Waals surface area contributed by atoms with E-state index in [1.165, 1.54) is 6.07 Å². The molecule has 2 aliphatic rings. The van der Waals surface area contributed by atoms with Crippen molar-refractivity contribution in [2.24, 2.45) is 5.10 Å². The lowest BCUT2D eigenvalue weighted by atomic mass is 10.2. The minimum Gasteiger partial charge on any atom is -0.378 e. The summed E-state index contributed by atoms with van der Waals surface area (Å²) < 4.78 is 24.6. The zero-order valence-electron chi connectivity index (χ0n) is 15.7. The molecule has 1 N–H and O–H groups in total. The molecule has 0 spiro atoms. The predicted molar refractivity (Wildman–Crippen MR) is 111 cm³/mol. The summed E-state index contributed by atoms with van der Waals surface area (Å²) in [5, 5.41) is 4.20. The van der Waals surface area contributed by atoms with Crippen molar-refractivity contribution in [2.75, 3.05) is 67.8 Å². The molecule has 154 valence electrons. The first-order valence-electron chi connectivity index (χ1n) is 9.34. The number of hydrogen-bond acceptors (Lipinski definition) is 9. The number of rotatable bonds is 5. The summed E-state index contributed by atoms with van der Waals surface area (Å²) >= 11 is 3.17. The quantitative estimate of drug-likeness (QED) is 0.528. The molecule has 3 heterocycles. The molecule has 2 aliphatic heterocycles. The van der Waals surface area contributed by atoms with E-state index < -0.39 is 0 Å². The molecular weight excluding hydrogens is 445 g/mol. The summed E-state index contributed by atoms with van der Waals surface area (Å²) in [5.41, 5.74) is 3.61. The highest BCUT2D eigenvalue weighted by molar-refractivity contribution is 9.10. The van der Waals surface area contributed by atoms with Gasteiger partial charge in [0.25, 0.3) is 0 Å². The second-order valence-corrected chi connectivity index (χ2v) is 7.36. The summed E-state index contributed by atoms with van der Waals surface area (Å²) in [7, 11) is 0.